The van der Waals surface area contributed by atoms with Crippen LogP contribution in [0.3, 0.4) is 0 Å². The van der Waals surface area contributed by atoms with Crippen molar-refractivity contribution >= 4 is 11.9 Å². The Morgan fingerprint density at radius 2 is 0.918 bits per heavy atom. The maximum atomic E-state index is 13.2. The first-order valence-electron chi connectivity index (χ1n) is 25.7. The van der Waals surface area contributed by atoms with Crippen LogP contribution in [0.5, 0.6) is 0 Å². The summed E-state index contributed by atoms with van der Waals surface area (Å²) in [5.74, 6) is -0.639. The van der Waals surface area contributed by atoms with Gasteiger partial charge in [-0.25, -0.2) is 0 Å². The molecule has 0 saturated heterocycles. The smallest absolute Gasteiger partial charge is 0.306 e. The molecule has 0 aromatic rings. The van der Waals surface area contributed by atoms with Gasteiger partial charge in [0.05, 0.1) is 25.2 Å². The van der Waals surface area contributed by atoms with Gasteiger partial charge in [-0.15, -0.1) is 0 Å². The Labute approximate surface area is 377 Å². The summed E-state index contributed by atoms with van der Waals surface area (Å²) in [7, 11) is 0. The van der Waals surface area contributed by atoms with Crippen LogP contribution in [-0.2, 0) is 14.3 Å². The second-order valence-electron chi connectivity index (χ2n) is 17.2. The summed E-state index contributed by atoms with van der Waals surface area (Å²) in [4.78, 5) is 26.1. The van der Waals surface area contributed by atoms with Crippen LogP contribution in [0.25, 0.3) is 0 Å². The number of hydrogen-bond donors (Lipinski definition) is 3. The number of ether oxygens (including phenoxy) is 1. The van der Waals surface area contributed by atoms with Gasteiger partial charge in [0, 0.05) is 6.42 Å². The Balaban J connectivity index is 4.73. The zero-order chi connectivity index (χ0) is 44.5. The Bertz CT molecular complexity index is 1140. The van der Waals surface area contributed by atoms with E-state index in [0.717, 1.165) is 77.0 Å². The van der Waals surface area contributed by atoms with E-state index in [1.807, 2.05) is 6.08 Å². The van der Waals surface area contributed by atoms with Crippen LogP contribution in [0.2, 0.25) is 0 Å². The molecular weight excluding hydrogens is 755 g/mol. The van der Waals surface area contributed by atoms with Gasteiger partial charge in [-0.1, -0.05) is 222 Å². The molecule has 352 valence electrons. The van der Waals surface area contributed by atoms with E-state index in [-0.39, 0.29) is 24.9 Å². The van der Waals surface area contributed by atoms with Crippen LogP contribution in [-0.4, -0.2) is 46.9 Å². The lowest BCUT2D eigenvalue weighted by molar-refractivity contribution is -0.148. The molecule has 0 aromatic carbocycles. The highest BCUT2D eigenvalue weighted by Crippen LogP contribution is 2.16. The minimum Gasteiger partial charge on any atom is -0.458 e. The molecule has 0 aromatic heterocycles. The molecule has 0 aliphatic rings. The van der Waals surface area contributed by atoms with Crippen LogP contribution in [0.1, 0.15) is 239 Å². The van der Waals surface area contributed by atoms with E-state index in [9.17, 15) is 19.8 Å². The van der Waals surface area contributed by atoms with E-state index in [1.165, 1.54) is 116 Å². The van der Waals surface area contributed by atoms with Gasteiger partial charge in [0.15, 0.2) is 0 Å². The van der Waals surface area contributed by atoms with E-state index in [4.69, 9.17) is 4.74 Å². The summed E-state index contributed by atoms with van der Waals surface area (Å²) >= 11 is 0. The second kappa shape index (κ2) is 48.3. The molecule has 3 unspecified atom stereocenters. The molecule has 3 atom stereocenters. The largest absolute Gasteiger partial charge is 0.458 e. The molecule has 0 saturated carbocycles. The van der Waals surface area contributed by atoms with E-state index in [0.29, 0.717) is 19.3 Å². The van der Waals surface area contributed by atoms with E-state index >= 15 is 0 Å². The summed E-state index contributed by atoms with van der Waals surface area (Å²) < 4.78 is 5.82. The topological polar surface area (TPSA) is 95.9 Å². The molecule has 0 fully saturated rings. The molecule has 1 amide bonds. The first-order chi connectivity index (χ1) is 30.0. The molecule has 0 bridgehead atoms. The van der Waals surface area contributed by atoms with Gasteiger partial charge in [-0.3, -0.25) is 9.59 Å². The van der Waals surface area contributed by atoms with Crippen molar-refractivity contribution in [3.63, 3.8) is 0 Å². The molecule has 0 radical (unpaired) electrons. The summed E-state index contributed by atoms with van der Waals surface area (Å²) in [6.45, 7) is 6.32. The predicted octanol–water partition coefficient (Wildman–Crippen LogP) is 15.4. The number of unbranched alkanes of at least 4 members (excludes halogenated alkanes) is 23. The zero-order valence-corrected chi connectivity index (χ0v) is 40.0. The maximum Gasteiger partial charge on any atom is 0.306 e. The molecule has 6 heteroatoms. The number of hydrogen-bond acceptors (Lipinski definition) is 5. The fourth-order valence-corrected chi connectivity index (χ4v) is 7.39. The standard InChI is InChI=1S/C55H97NO5/c1-4-7-10-13-16-19-22-25-27-28-30-33-36-39-42-45-48-55(60)61-51(46-43-40-37-34-31-29-26-23-20-17-14-11-8-5-2)49-54(59)56-52(50-57)53(58)47-44-41-38-35-32-24-21-18-15-12-9-6-3/h8,11,17,20,26-29,34,37,43,46,51-53,57-58H,4-7,9-10,12-16,18-19,21-25,30-33,35-36,38-42,44-45,47-50H2,1-3H3,(H,56,59)/b11-8+,20-17+,28-27+,29-26+,37-34+,46-43+. The van der Waals surface area contributed by atoms with Crippen LogP contribution >= 0.6 is 0 Å². The molecule has 3 N–H and O–H groups in total. The van der Waals surface area contributed by atoms with Crippen molar-refractivity contribution < 1.29 is 24.5 Å². The average Bonchev–Trinajstić information content (AvgIpc) is 3.25. The molecule has 0 heterocycles. The third kappa shape index (κ3) is 43.7. The van der Waals surface area contributed by atoms with Crippen LogP contribution in [0.15, 0.2) is 72.9 Å². The highest BCUT2D eigenvalue weighted by atomic mass is 16.5. The molecule has 0 rings (SSSR count). The van der Waals surface area contributed by atoms with Gasteiger partial charge in [0.2, 0.25) is 5.91 Å². The summed E-state index contributed by atoms with van der Waals surface area (Å²) in [5, 5.41) is 23.7. The Hall–Kier alpha value is -2.70. The summed E-state index contributed by atoms with van der Waals surface area (Å²) in [5.41, 5.74) is 0. The van der Waals surface area contributed by atoms with Crippen molar-refractivity contribution in [3.05, 3.63) is 72.9 Å². The lowest BCUT2D eigenvalue weighted by atomic mass is 10.0. The number of amides is 1. The van der Waals surface area contributed by atoms with Gasteiger partial charge >= 0.3 is 5.97 Å². The quantitative estimate of drug-likeness (QED) is 0.0322. The highest BCUT2D eigenvalue weighted by Gasteiger charge is 2.23. The number of aliphatic hydroxyl groups is 2. The Morgan fingerprint density at radius 1 is 0.508 bits per heavy atom. The van der Waals surface area contributed by atoms with E-state index in [1.54, 1.807) is 6.08 Å². The van der Waals surface area contributed by atoms with Gasteiger partial charge in [0.1, 0.15) is 6.10 Å². The normalized spacial score (nSPS) is 13.9. The predicted molar refractivity (Wildman–Crippen MR) is 264 cm³/mol. The number of carbonyl (C=O) groups excluding carboxylic acids is 2. The highest BCUT2D eigenvalue weighted by molar-refractivity contribution is 5.78. The SMILES string of the molecule is CC/C=C/C/C=C/C/C=C/C/C=C/C/C=C/C(CC(=O)NC(CO)C(O)CCCCCCCCCCCCCC)OC(=O)CCCCCCC/C=C/CCCCCCCCC. The number of rotatable bonds is 45. The van der Waals surface area contributed by atoms with Crippen LogP contribution in [0.4, 0.5) is 0 Å². The number of nitrogens with one attached hydrogen (secondary N) is 1. The van der Waals surface area contributed by atoms with Crippen molar-refractivity contribution in [1.82, 2.24) is 5.32 Å². The third-order valence-electron chi connectivity index (χ3n) is 11.3. The second-order valence-corrected chi connectivity index (χ2v) is 17.2. The molecule has 61 heavy (non-hydrogen) atoms. The van der Waals surface area contributed by atoms with Crippen molar-refractivity contribution in [2.75, 3.05) is 6.61 Å². The number of esters is 1. The monoisotopic (exact) mass is 852 g/mol. The molecule has 0 aliphatic heterocycles. The Morgan fingerprint density at radius 3 is 1.38 bits per heavy atom. The van der Waals surface area contributed by atoms with Gasteiger partial charge < -0.3 is 20.3 Å². The van der Waals surface area contributed by atoms with Crippen LogP contribution in [0, 0.1) is 0 Å². The lowest BCUT2D eigenvalue weighted by Gasteiger charge is -2.23. The number of aliphatic hydroxyl groups excluding tert-OH is 2. The molecule has 0 aliphatic carbocycles. The molecule has 0 spiro atoms. The zero-order valence-electron chi connectivity index (χ0n) is 40.0. The van der Waals surface area contributed by atoms with Crippen molar-refractivity contribution in [1.29, 1.82) is 0 Å². The first-order valence-corrected chi connectivity index (χ1v) is 25.7. The van der Waals surface area contributed by atoms with Gasteiger partial charge in [-0.05, 0) is 76.7 Å². The number of carbonyl (C=O) groups is 2. The van der Waals surface area contributed by atoms with Gasteiger partial charge in [-0.2, -0.15) is 0 Å². The fraction of sp³-hybridized carbons (Fsp3) is 0.745. The summed E-state index contributed by atoms with van der Waals surface area (Å²) in [6.07, 6.45) is 61.3. The summed E-state index contributed by atoms with van der Waals surface area (Å²) in [6, 6.07) is -0.745. The first kappa shape index (κ1) is 58.3. The Kier molecular flexibility index (Phi) is 46.2. The fourth-order valence-electron chi connectivity index (χ4n) is 7.39. The molecule has 6 nitrogen and oxygen atoms in total. The number of allylic oxidation sites excluding steroid dienone is 11. The van der Waals surface area contributed by atoms with Crippen molar-refractivity contribution in [2.24, 2.45) is 0 Å². The van der Waals surface area contributed by atoms with E-state index < -0.39 is 18.2 Å². The molecular formula is C55H97NO5. The average molecular weight is 852 g/mol. The van der Waals surface area contributed by atoms with E-state index in [2.05, 4.69) is 86.8 Å². The third-order valence-corrected chi connectivity index (χ3v) is 11.3. The van der Waals surface area contributed by atoms with Crippen molar-refractivity contribution in [3.8, 4) is 0 Å². The van der Waals surface area contributed by atoms with Crippen molar-refractivity contribution in [2.45, 2.75) is 257 Å². The van der Waals surface area contributed by atoms with Gasteiger partial charge in [0.25, 0.3) is 0 Å². The minimum absolute atomic E-state index is 0.0508. The maximum absolute atomic E-state index is 13.2. The van der Waals surface area contributed by atoms with Crippen LogP contribution < -0.4 is 5.32 Å². The minimum atomic E-state index is -0.822. The lowest BCUT2D eigenvalue weighted by Crippen LogP contribution is -2.46.